The van der Waals surface area contributed by atoms with Crippen LogP contribution >= 0.6 is 11.8 Å². The summed E-state index contributed by atoms with van der Waals surface area (Å²) < 4.78 is 0. The average molecular weight is 222 g/mol. The highest BCUT2D eigenvalue weighted by atomic mass is 32.2. The van der Waals surface area contributed by atoms with Gasteiger partial charge in [-0.25, -0.2) is 0 Å². The zero-order valence-corrected chi connectivity index (χ0v) is 10.2. The molecule has 2 heterocycles. The van der Waals surface area contributed by atoms with Crippen molar-refractivity contribution in [3.05, 3.63) is 29.6 Å². The number of nitrogens with zero attached hydrogens (tertiary/aromatic N) is 1. The molecule has 2 nitrogen and oxygen atoms in total. The molecule has 1 aliphatic rings. The normalized spacial score (nSPS) is 25.7. The molecule has 0 bridgehead atoms. The van der Waals surface area contributed by atoms with Gasteiger partial charge in [-0.3, -0.25) is 4.98 Å². The minimum atomic E-state index is 0.673. The van der Waals surface area contributed by atoms with Crippen LogP contribution in [-0.2, 0) is 6.54 Å². The second-order valence-electron chi connectivity index (χ2n) is 4.23. The summed E-state index contributed by atoms with van der Waals surface area (Å²) in [6.45, 7) is 5.24. The number of aromatic nitrogens is 1. The van der Waals surface area contributed by atoms with Crippen LogP contribution < -0.4 is 5.32 Å². The molecule has 1 N–H and O–H groups in total. The Kier molecular flexibility index (Phi) is 3.65. The molecule has 3 heteroatoms. The highest BCUT2D eigenvalue weighted by Crippen LogP contribution is 2.25. The summed E-state index contributed by atoms with van der Waals surface area (Å²) in [5.74, 6) is 1.24. The molecule has 2 rings (SSSR count). The minimum Gasteiger partial charge on any atom is -0.308 e. The molecule has 2 atom stereocenters. The molecule has 82 valence electrons. The molecule has 1 aromatic rings. The summed E-state index contributed by atoms with van der Waals surface area (Å²) in [7, 11) is 0. The number of nitrogens with one attached hydrogen (secondary N) is 1. The first-order valence-corrected chi connectivity index (χ1v) is 6.56. The number of hydrogen-bond acceptors (Lipinski definition) is 3. The lowest BCUT2D eigenvalue weighted by Gasteiger charge is -2.11. The van der Waals surface area contributed by atoms with Gasteiger partial charge in [0.1, 0.15) is 0 Å². The van der Waals surface area contributed by atoms with Crippen LogP contribution in [-0.4, -0.2) is 22.0 Å². The van der Waals surface area contributed by atoms with Gasteiger partial charge in [0.05, 0.1) is 5.69 Å². The Labute approximate surface area is 95.9 Å². The Morgan fingerprint density at radius 3 is 3.07 bits per heavy atom. The van der Waals surface area contributed by atoms with E-state index in [2.05, 4.69) is 41.1 Å². The highest BCUT2D eigenvalue weighted by molar-refractivity contribution is 8.00. The molecular weight excluding hydrogens is 204 g/mol. The predicted octanol–water partition coefficient (Wildman–Crippen LogP) is 2.37. The second kappa shape index (κ2) is 4.99. The van der Waals surface area contributed by atoms with Crippen molar-refractivity contribution < 1.29 is 0 Å². The Balaban J connectivity index is 1.83. The van der Waals surface area contributed by atoms with E-state index in [-0.39, 0.29) is 0 Å². The van der Waals surface area contributed by atoms with Gasteiger partial charge in [-0.1, -0.05) is 13.0 Å². The van der Waals surface area contributed by atoms with Crippen LogP contribution in [0.25, 0.3) is 0 Å². The molecule has 15 heavy (non-hydrogen) atoms. The average Bonchev–Trinajstić information content (AvgIpc) is 2.62. The van der Waals surface area contributed by atoms with Crippen LogP contribution in [0.4, 0.5) is 0 Å². The predicted molar refractivity (Wildman–Crippen MR) is 66.1 cm³/mol. The van der Waals surface area contributed by atoms with E-state index in [0.717, 1.165) is 23.2 Å². The molecule has 2 unspecified atom stereocenters. The van der Waals surface area contributed by atoms with Crippen molar-refractivity contribution in [3.8, 4) is 0 Å². The molecule has 1 aliphatic heterocycles. The molecule has 1 saturated heterocycles. The minimum absolute atomic E-state index is 0.673. The van der Waals surface area contributed by atoms with E-state index in [4.69, 9.17) is 0 Å². The molecule has 0 aromatic carbocycles. The lowest BCUT2D eigenvalue weighted by atomic mass is 10.2. The Bertz CT molecular complexity index is 327. The van der Waals surface area contributed by atoms with Gasteiger partial charge in [0, 0.05) is 29.3 Å². The third-order valence-corrected chi connectivity index (χ3v) is 4.07. The third kappa shape index (κ3) is 3.21. The van der Waals surface area contributed by atoms with E-state index in [1.165, 1.54) is 12.2 Å². The van der Waals surface area contributed by atoms with Crippen molar-refractivity contribution in [2.24, 2.45) is 0 Å². The van der Waals surface area contributed by atoms with Crippen LogP contribution in [0.2, 0.25) is 0 Å². The van der Waals surface area contributed by atoms with Crippen molar-refractivity contribution in [1.82, 2.24) is 10.3 Å². The second-order valence-corrected chi connectivity index (χ2v) is 5.70. The maximum Gasteiger partial charge on any atom is 0.0544 e. The molecule has 0 saturated carbocycles. The fourth-order valence-electron chi connectivity index (χ4n) is 1.91. The summed E-state index contributed by atoms with van der Waals surface area (Å²) in [4.78, 5) is 4.48. The summed E-state index contributed by atoms with van der Waals surface area (Å²) in [5.41, 5.74) is 2.25. The van der Waals surface area contributed by atoms with Crippen LogP contribution in [0, 0.1) is 6.92 Å². The lowest BCUT2D eigenvalue weighted by molar-refractivity contribution is 0.533. The Morgan fingerprint density at radius 2 is 2.40 bits per heavy atom. The van der Waals surface area contributed by atoms with E-state index in [1.807, 2.05) is 13.0 Å². The van der Waals surface area contributed by atoms with Crippen molar-refractivity contribution in [2.75, 3.05) is 5.75 Å². The molecule has 0 amide bonds. The Hall–Kier alpha value is -0.540. The van der Waals surface area contributed by atoms with E-state index in [0.29, 0.717) is 6.04 Å². The Morgan fingerprint density at radius 1 is 1.53 bits per heavy atom. The summed E-state index contributed by atoms with van der Waals surface area (Å²) in [5, 5.41) is 4.39. The van der Waals surface area contributed by atoms with Crippen molar-refractivity contribution in [2.45, 2.75) is 38.1 Å². The largest absolute Gasteiger partial charge is 0.308 e. The first-order chi connectivity index (χ1) is 7.24. The number of aryl methyl sites for hydroxylation is 1. The number of thioether (sulfide) groups is 1. The maximum atomic E-state index is 4.48. The van der Waals surface area contributed by atoms with E-state index >= 15 is 0 Å². The van der Waals surface area contributed by atoms with Gasteiger partial charge < -0.3 is 5.32 Å². The molecule has 0 radical (unpaired) electrons. The van der Waals surface area contributed by atoms with Crippen molar-refractivity contribution in [3.63, 3.8) is 0 Å². The number of hydrogen-bond donors (Lipinski definition) is 1. The van der Waals surface area contributed by atoms with Crippen LogP contribution in [0.3, 0.4) is 0 Å². The lowest BCUT2D eigenvalue weighted by Crippen LogP contribution is -2.28. The van der Waals surface area contributed by atoms with Gasteiger partial charge in [-0.2, -0.15) is 11.8 Å². The SMILES string of the molecule is Cc1cccc(CNC2CSC(C)C2)n1. The molecule has 1 fully saturated rings. The molecular formula is C12H18N2S. The molecule has 0 aliphatic carbocycles. The fraction of sp³-hybridized carbons (Fsp3) is 0.583. The van der Waals surface area contributed by atoms with E-state index in [1.54, 1.807) is 0 Å². The zero-order chi connectivity index (χ0) is 10.7. The smallest absolute Gasteiger partial charge is 0.0544 e. The summed E-state index contributed by atoms with van der Waals surface area (Å²) in [6, 6.07) is 6.88. The summed E-state index contributed by atoms with van der Waals surface area (Å²) >= 11 is 2.06. The highest BCUT2D eigenvalue weighted by Gasteiger charge is 2.20. The quantitative estimate of drug-likeness (QED) is 0.850. The molecule has 1 aromatic heterocycles. The maximum absolute atomic E-state index is 4.48. The zero-order valence-electron chi connectivity index (χ0n) is 9.36. The first-order valence-electron chi connectivity index (χ1n) is 5.51. The van der Waals surface area contributed by atoms with E-state index < -0.39 is 0 Å². The van der Waals surface area contributed by atoms with Gasteiger partial charge >= 0.3 is 0 Å². The van der Waals surface area contributed by atoms with Crippen molar-refractivity contribution in [1.29, 1.82) is 0 Å². The van der Waals surface area contributed by atoms with Crippen LogP contribution in [0.1, 0.15) is 24.7 Å². The fourth-order valence-corrected chi connectivity index (χ4v) is 3.09. The topological polar surface area (TPSA) is 24.9 Å². The number of pyridine rings is 1. The van der Waals surface area contributed by atoms with Gasteiger partial charge in [0.25, 0.3) is 0 Å². The van der Waals surface area contributed by atoms with Gasteiger partial charge in [-0.05, 0) is 25.5 Å². The van der Waals surface area contributed by atoms with Gasteiger partial charge in [-0.15, -0.1) is 0 Å². The summed E-state index contributed by atoms with van der Waals surface area (Å²) in [6.07, 6.45) is 1.29. The number of rotatable bonds is 3. The monoisotopic (exact) mass is 222 g/mol. The van der Waals surface area contributed by atoms with E-state index in [9.17, 15) is 0 Å². The van der Waals surface area contributed by atoms with Crippen LogP contribution in [0.15, 0.2) is 18.2 Å². The van der Waals surface area contributed by atoms with Crippen LogP contribution in [0.5, 0.6) is 0 Å². The van der Waals surface area contributed by atoms with Gasteiger partial charge in [0.2, 0.25) is 0 Å². The standard InChI is InChI=1S/C12H18N2S/c1-9-4-3-5-11(14-9)7-13-12-6-10(2)15-8-12/h3-5,10,12-13H,6-8H2,1-2H3. The first kappa shape index (κ1) is 11.0. The third-order valence-electron chi connectivity index (χ3n) is 2.72. The van der Waals surface area contributed by atoms with Crippen molar-refractivity contribution >= 4 is 11.8 Å². The van der Waals surface area contributed by atoms with Gasteiger partial charge in [0.15, 0.2) is 0 Å². The molecule has 0 spiro atoms.